The third kappa shape index (κ3) is 3.20. The average Bonchev–Trinajstić information content (AvgIpc) is 2.41. The summed E-state index contributed by atoms with van der Waals surface area (Å²) in [5, 5.41) is 0. The third-order valence-electron chi connectivity index (χ3n) is 2.77. The van der Waals surface area contributed by atoms with Crippen LogP contribution in [0, 0.1) is 5.82 Å². The Morgan fingerprint density at radius 1 is 1.26 bits per heavy atom. The topological polar surface area (TPSA) is 26.3 Å². The summed E-state index contributed by atoms with van der Waals surface area (Å²) in [5.41, 5.74) is 1.28. The Labute approximate surface area is 119 Å². The Bertz CT molecular complexity index is 611. The van der Waals surface area contributed by atoms with Crippen LogP contribution in [-0.4, -0.2) is 12.9 Å². The highest BCUT2D eigenvalue weighted by Crippen LogP contribution is 2.23. The van der Waals surface area contributed by atoms with Gasteiger partial charge in [-0.2, -0.15) is 0 Å². The minimum atomic E-state index is -0.333. The zero-order valence-electron chi connectivity index (χ0n) is 10.3. The normalized spacial score (nSPS) is 10.3. The van der Waals surface area contributed by atoms with Gasteiger partial charge in [0.05, 0.1) is 12.7 Å². The highest BCUT2D eigenvalue weighted by molar-refractivity contribution is 9.10. The summed E-state index contributed by atoms with van der Waals surface area (Å²) >= 11 is 3.26. The van der Waals surface area contributed by atoms with Crippen LogP contribution < -0.4 is 4.74 Å². The number of hydrogen-bond acceptors (Lipinski definition) is 2. The van der Waals surface area contributed by atoms with Crippen LogP contribution in [0.5, 0.6) is 5.75 Å². The molecule has 0 fully saturated rings. The highest BCUT2D eigenvalue weighted by atomic mass is 79.9. The van der Waals surface area contributed by atoms with Crippen molar-refractivity contribution < 1.29 is 13.9 Å². The van der Waals surface area contributed by atoms with Gasteiger partial charge in [0.25, 0.3) is 0 Å². The van der Waals surface area contributed by atoms with Gasteiger partial charge in [0.15, 0.2) is 5.78 Å². The lowest BCUT2D eigenvalue weighted by Crippen LogP contribution is -2.06. The van der Waals surface area contributed by atoms with Crippen LogP contribution in [0.1, 0.15) is 15.9 Å². The van der Waals surface area contributed by atoms with Crippen LogP contribution in [0.2, 0.25) is 0 Å². The maximum absolute atomic E-state index is 13.0. The standard InChI is InChI=1S/C15H12BrFO2/c1-19-15-5-3-2-4-12(15)14(18)8-10-6-7-11(17)9-13(10)16/h2-7,9H,8H2,1H3. The minimum absolute atomic E-state index is 0.0650. The van der Waals surface area contributed by atoms with E-state index >= 15 is 0 Å². The molecular formula is C15H12BrFO2. The number of ether oxygens (including phenoxy) is 1. The van der Waals surface area contributed by atoms with E-state index in [-0.39, 0.29) is 18.0 Å². The molecule has 2 aromatic carbocycles. The smallest absolute Gasteiger partial charge is 0.170 e. The van der Waals surface area contributed by atoms with Gasteiger partial charge < -0.3 is 4.74 Å². The summed E-state index contributed by atoms with van der Waals surface area (Å²) < 4.78 is 18.7. The Morgan fingerprint density at radius 2 is 2.00 bits per heavy atom. The Morgan fingerprint density at radius 3 is 2.68 bits per heavy atom. The molecule has 0 aromatic heterocycles. The fourth-order valence-corrected chi connectivity index (χ4v) is 2.30. The largest absolute Gasteiger partial charge is 0.496 e. The molecule has 0 saturated heterocycles. The number of rotatable bonds is 4. The SMILES string of the molecule is COc1ccccc1C(=O)Cc1ccc(F)cc1Br. The van der Waals surface area contributed by atoms with E-state index in [9.17, 15) is 9.18 Å². The van der Waals surface area contributed by atoms with Gasteiger partial charge in [-0.15, -0.1) is 0 Å². The molecule has 0 atom stereocenters. The predicted molar refractivity (Wildman–Crippen MR) is 75.1 cm³/mol. The number of para-hydroxylation sites is 1. The van der Waals surface area contributed by atoms with E-state index in [0.29, 0.717) is 15.8 Å². The molecule has 0 amide bonds. The number of benzene rings is 2. The zero-order chi connectivity index (χ0) is 13.8. The maximum atomic E-state index is 13.0. The summed E-state index contributed by atoms with van der Waals surface area (Å²) in [6, 6.07) is 11.4. The van der Waals surface area contributed by atoms with Crippen molar-refractivity contribution in [1.82, 2.24) is 0 Å². The molecule has 0 saturated carbocycles. The molecule has 19 heavy (non-hydrogen) atoms. The van der Waals surface area contributed by atoms with Crippen LogP contribution >= 0.6 is 15.9 Å². The molecule has 0 spiro atoms. The fourth-order valence-electron chi connectivity index (χ4n) is 1.81. The van der Waals surface area contributed by atoms with Crippen LogP contribution in [0.4, 0.5) is 4.39 Å². The van der Waals surface area contributed by atoms with Crippen molar-refractivity contribution in [1.29, 1.82) is 0 Å². The second kappa shape index (κ2) is 5.97. The lowest BCUT2D eigenvalue weighted by Gasteiger charge is -2.08. The molecule has 0 aliphatic carbocycles. The first kappa shape index (κ1) is 13.7. The predicted octanol–water partition coefficient (Wildman–Crippen LogP) is 4.02. The monoisotopic (exact) mass is 322 g/mol. The van der Waals surface area contributed by atoms with E-state index in [0.717, 1.165) is 5.56 Å². The van der Waals surface area contributed by atoms with Gasteiger partial charge in [0.1, 0.15) is 11.6 Å². The summed E-state index contributed by atoms with van der Waals surface area (Å²) in [5.74, 6) is 0.149. The number of carbonyl (C=O) groups is 1. The maximum Gasteiger partial charge on any atom is 0.170 e. The first-order chi connectivity index (χ1) is 9.11. The van der Waals surface area contributed by atoms with E-state index in [1.165, 1.54) is 19.2 Å². The van der Waals surface area contributed by atoms with E-state index in [1.54, 1.807) is 24.3 Å². The summed E-state index contributed by atoms with van der Waals surface area (Å²) in [6.07, 6.45) is 0.196. The number of hydrogen-bond donors (Lipinski definition) is 0. The number of ketones is 1. The second-order valence-electron chi connectivity index (χ2n) is 4.04. The Hall–Kier alpha value is -1.68. The van der Waals surface area contributed by atoms with E-state index in [1.807, 2.05) is 6.07 Å². The Balaban J connectivity index is 2.26. The van der Waals surface area contributed by atoms with Gasteiger partial charge in [-0.3, -0.25) is 4.79 Å². The van der Waals surface area contributed by atoms with Crippen LogP contribution in [0.25, 0.3) is 0 Å². The number of halogens is 2. The van der Waals surface area contributed by atoms with Gasteiger partial charge in [0.2, 0.25) is 0 Å². The molecule has 0 heterocycles. The van der Waals surface area contributed by atoms with Crippen LogP contribution in [0.3, 0.4) is 0 Å². The average molecular weight is 323 g/mol. The second-order valence-corrected chi connectivity index (χ2v) is 4.89. The molecule has 0 aliphatic rings. The highest BCUT2D eigenvalue weighted by Gasteiger charge is 2.13. The molecule has 0 N–H and O–H groups in total. The minimum Gasteiger partial charge on any atom is -0.496 e. The number of carbonyl (C=O) groups excluding carboxylic acids is 1. The molecule has 0 unspecified atom stereocenters. The van der Waals surface area contributed by atoms with Crippen molar-refractivity contribution in [2.75, 3.05) is 7.11 Å². The van der Waals surface area contributed by atoms with Crippen LogP contribution in [0.15, 0.2) is 46.9 Å². The van der Waals surface area contributed by atoms with Crippen LogP contribution in [-0.2, 0) is 6.42 Å². The molecule has 98 valence electrons. The summed E-state index contributed by atoms with van der Waals surface area (Å²) in [7, 11) is 1.53. The van der Waals surface area contributed by atoms with Gasteiger partial charge in [0, 0.05) is 10.9 Å². The molecule has 4 heteroatoms. The number of methoxy groups -OCH3 is 1. The van der Waals surface area contributed by atoms with Crippen molar-refractivity contribution in [3.8, 4) is 5.75 Å². The van der Waals surface area contributed by atoms with Crippen molar-refractivity contribution in [3.05, 3.63) is 63.9 Å². The molecule has 0 bridgehead atoms. The van der Waals surface area contributed by atoms with E-state index < -0.39 is 0 Å². The van der Waals surface area contributed by atoms with Gasteiger partial charge in [-0.25, -0.2) is 4.39 Å². The molecule has 2 rings (SSSR count). The molecule has 0 aliphatic heterocycles. The molecule has 2 nitrogen and oxygen atoms in total. The first-order valence-corrected chi connectivity index (χ1v) is 6.51. The summed E-state index contributed by atoms with van der Waals surface area (Å²) in [4.78, 5) is 12.2. The molecular weight excluding hydrogens is 311 g/mol. The van der Waals surface area contributed by atoms with E-state index in [4.69, 9.17) is 4.74 Å². The van der Waals surface area contributed by atoms with Crippen molar-refractivity contribution in [2.24, 2.45) is 0 Å². The molecule has 2 aromatic rings. The quantitative estimate of drug-likeness (QED) is 0.795. The van der Waals surface area contributed by atoms with Crippen molar-refractivity contribution in [3.63, 3.8) is 0 Å². The van der Waals surface area contributed by atoms with Crippen molar-refractivity contribution >= 4 is 21.7 Å². The van der Waals surface area contributed by atoms with Gasteiger partial charge in [-0.05, 0) is 29.8 Å². The molecule has 0 radical (unpaired) electrons. The van der Waals surface area contributed by atoms with Gasteiger partial charge in [-0.1, -0.05) is 34.1 Å². The number of Topliss-reactive ketones (excluding diaryl/α,β-unsaturated/α-hetero) is 1. The third-order valence-corrected chi connectivity index (χ3v) is 3.51. The first-order valence-electron chi connectivity index (χ1n) is 5.72. The van der Waals surface area contributed by atoms with Crippen molar-refractivity contribution in [2.45, 2.75) is 6.42 Å². The van der Waals surface area contributed by atoms with Gasteiger partial charge >= 0.3 is 0 Å². The zero-order valence-corrected chi connectivity index (χ0v) is 11.9. The Kier molecular flexibility index (Phi) is 4.32. The lowest BCUT2D eigenvalue weighted by atomic mass is 10.0. The lowest BCUT2D eigenvalue weighted by molar-refractivity contribution is 0.0990. The van der Waals surface area contributed by atoms with E-state index in [2.05, 4.69) is 15.9 Å². The fraction of sp³-hybridized carbons (Fsp3) is 0.133. The summed E-state index contributed by atoms with van der Waals surface area (Å²) in [6.45, 7) is 0.